The van der Waals surface area contributed by atoms with Crippen LogP contribution in [0, 0.1) is 0 Å². The molecule has 0 saturated carbocycles. The van der Waals surface area contributed by atoms with Gasteiger partial charge in [-0.15, -0.1) is 0 Å². The molecule has 0 spiro atoms. The van der Waals surface area contributed by atoms with Crippen LogP contribution in [0.2, 0.25) is 0 Å². The number of primary amides is 1. The second-order valence-electron chi connectivity index (χ2n) is 7.27. The molecule has 0 saturated heterocycles. The molecule has 158 valence electrons. The molecule has 0 fully saturated rings. The average Bonchev–Trinajstić information content (AvgIpc) is 2.61. The molecule has 4 N–H and O–H groups in total. The SMILES string of the molecule is CCO.NC(=O)CCCCCCCCCCCCCCCCCCCO. The van der Waals surface area contributed by atoms with Crippen molar-refractivity contribution in [2.24, 2.45) is 5.73 Å². The third-order valence-electron chi connectivity index (χ3n) is 4.58. The highest BCUT2D eigenvalue weighted by molar-refractivity contribution is 5.73. The summed E-state index contributed by atoms with van der Waals surface area (Å²) >= 11 is 0. The van der Waals surface area contributed by atoms with Crippen LogP contribution in [0.1, 0.15) is 122 Å². The largest absolute Gasteiger partial charge is 0.397 e. The summed E-state index contributed by atoms with van der Waals surface area (Å²) in [5.41, 5.74) is 5.12. The van der Waals surface area contributed by atoms with E-state index in [1.165, 1.54) is 89.9 Å². The Bertz CT molecular complexity index is 260. The average molecular weight is 374 g/mol. The zero-order valence-corrected chi connectivity index (χ0v) is 17.5. The standard InChI is InChI=1S/C20H41NO2.C2H6O/c21-20(23)18-16-14-12-10-8-6-4-2-1-3-5-7-9-11-13-15-17-19-22;1-2-3/h22H,1-19H2,(H2,21,23);3H,2H2,1H3. The van der Waals surface area contributed by atoms with Gasteiger partial charge in [-0.25, -0.2) is 0 Å². The van der Waals surface area contributed by atoms with Gasteiger partial charge in [-0.2, -0.15) is 0 Å². The second kappa shape index (κ2) is 26.6. The summed E-state index contributed by atoms with van der Waals surface area (Å²) in [5, 5.41) is 16.3. The molecule has 0 aromatic carbocycles. The number of nitrogens with two attached hydrogens (primary N) is 1. The number of rotatable bonds is 19. The van der Waals surface area contributed by atoms with Crippen LogP contribution in [-0.2, 0) is 4.79 Å². The minimum absolute atomic E-state index is 0.160. The van der Waals surface area contributed by atoms with Gasteiger partial charge in [-0.1, -0.05) is 96.3 Å². The fourth-order valence-corrected chi connectivity index (χ4v) is 3.06. The van der Waals surface area contributed by atoms with Crippen molar-refractivity contribution in [3.63, 3.8) is 0 Å². The Morgan fingerprint density at radius 3 is 1.04 bits per heavy atom. The monoisotopic (exact) mass is 373 g/mol. The fourth-order valence-electron chi connectivity index (χ4n) is 3.06. The molecule has 0 aliphatic rings. The van der Waals surface area contributed by atoms with Crippen molar-refractivity contribution >= 4 is 5.91 Å². The minimum Gasteiger partial charge on any atom is -0.397 e. The topological polar surface area (TPSA) is 83.5 Å². The van der Waals surface area contributed by atoms with E-state index in [0.29, 0.717) is 13.0 Å². The van der Waals surface area contributed by atoms with E-state index >= 15 is 0 Å². The Balaban J connectivity index is 0. The maximum atomic E-state index is 10.6. The number of carbonyl (C=O) groups excluding carboxylic acids is 1. The van der Waals surface area contributed by atoms with Crippen LogP contribution in [0.3, 0.4) is 0 Å². The third kappa shape index (κ3) is 31.2. The van der Waals surface area contributed by atoms with Gasteiger partial charge in [0.15, 0.2) is 0 Å². The van der Waals surface area contributed by atoms with Crippen molar-refractivity contribution in [2.45, 2.75) is 122 Å². The zero-order chi connectivity index (χ0) is 19.7. The third-order valence-corrected chi connectivity index (χ3v) is 4.58. The molecular weight excluding hydrogens is 326 g/mol. The number of amides is 1. The number of unbranched alkanes of at least 4 members (excludes halogenated alkanes) is 16. The molecular formula is C22H47NO3. The molecule has 0 heterocycles. The first-order valence-electron chi connectivity index (χ1n) is 11.2. The molecule has 0 bridgehead atoms. The van der Waals surface area contributed by atoms with E-state index in [0.717, 1.165) is 19.3 Å². The van der Waals surface area contributed by atoms with Crippen molar-refractivity contribution in [3.05, 3.63) is 0 Å². The Morgan fingerprint density at radius 1 is 0.577 bits per heavy atom. The molecule has 0 aromatic heterocycles. The molecule has 1 amide bonds. The van der Waals surface area contributed by atoms with E-state index in [-0.39, 0.29) is 12.5 Å². The lowest BCUT2D eigenvalue weighted by Gasteiger charge is -2.03. The molecule has 4 heteroatoms. The van der Waals surface area contributed by atoms with Gasteiger partial charge >= 0.3 is 0 Å². The minimum atomic E-state index is -0.160. The van der Waals surface area contributed by atoms with Crippen LogP contribution in [-0.4, -0.2) is 29.3 Å². The van der Waals surface area contributed by atoms with Crippen molar-refractivity contribution in [1.82, 2.24) is 0 Å². The summed E-state index contributed by atoms with van der Waals surface area (Å²) in [6.07, 6.45) is 22.6. The van der Waals surface area contributed by atoms with Gasteiger partial charge in [0.05, 0.1) is 0 Å². The Morgan fingerprint density at radius 2 is 0.808 bits per heavy atom. The van der Waals surface area contributed by atoms with E-state index < -0.39 is 0 Å². The first-order chi connectivity index (χ1) is 12.7. The van der Waals surface area contributed by atoms with E-state index in [1.54, 1.807) is 6.92 Å². The summed E-state index contributed by atoms with van der Waals surface area (Å²) < 4.78 is 0. The number of aliphatic hydroxyl groups is 2. The van der Waals surface area contributed by atoms with Gasteiger partial charge in [-0.05, 0) is 19.8 Å². The molecule has 0 aliphatic carbocycles. The molecule has 0 rings (SSSR count). The van der Waals surface area contributed by atoms with Gasteiger partial charge in [0, 0.05) is 19.6 Å². The van der Waals surface area contributed by atoms with Crippen molar-refractivity contribution in [3.8, 4) is 0 Å². The second-order valence-corrected chi connectivity index (χ2v) is 7.27. The van der Waals surface area contributed by atoms with Gasteiger partial charge in [0.1, 0.15) is 0 Å². The highest BCUT2D eigenvalue weighted by Gasteiger charge is 1.96. The van der Waals surface area contributed by atoms with Crippen LogP contribution in [0.4, 0.5) is 0 Å². The maximum Gasteiger partial charge on any atom is 0.217 e. The van der Waals surface area contributed by atoms with Crippen LogP contribution in [0.15, 0.2) is 0 Å². The highest BCUT2D eigenvalue weighted by Crippen LogP contribution is 2.14. The van der Waals surface area contributed by atoms with Crippen LogP contribution < -0.4 is 5.73 Å². The first-order valence-corrected chi connectivity index (χ1v) is 11.2. The van der Waals surface area contributed by atoms with Crippen LogP contribution >= 0.6 is 0 Å². The predicted molar refractivity (Wildman–Crippen MR) is 112 cm³/mol. The first kappa shape index (κ1) is 27.6. The van der Waals surface area contributed by atoms with Crippen LogP contribution in [0.5, 0.6) is 0 Å². The lowest BCUT2D eigenvalue weighted by molar-refractivity contribution is -0.118. The summed E-state index contributed by atoms with van der Waals surface area (Å²) in [4.78, 5) is 10.6. The molecule has 4 nitrogen and oxygen atoms in total. The molecule has 0 atom stereocenters. The maximum absolute atomic E-state index is 10.6. The highest BCUT2D eigenvalue weighted by atomic mass is 16.3. The molecule has 0 unspecified atom stereocenters. The predicted octanol–water partition coefficient (Wildman–Crippen LogP) is 5.48. The summed E-state index contributed by atoms with van der Waals surface area (Å²) in [6, 6.07) is 0. The van der Waals surface area contributed by atoms with E-state index in [2.05, 4.69) is 0 Å². The number of aliphatic hydroxyl groups excluding tert-OH is 2. The van der Waals surface area contributed by atoms with Gasteiger partial charge in [-0.3, -0.25) is 4.79 Å². The Hall–Kier alpha value is -0.610. The zero-order valence-electron chi connectivity index (χ0n) is 17.5. The molecule has 0 radical (unpaired) electrons. The lowest BCUT2D eigenvalue weighted by Crippen LogP contribution is -2.09. The summed E-state index contributed by atoms with van der Waals surface area (Å²) in [6.45, 7) is 2.29. The Kier molecular flexibility index (Phi) is 28.3. The number of carbonyl (C=O) groups is 1. The van der Waals surface area contributed by atoms with Crippen molar-refractivity contribution < 1.29 is 15.0 Å². The van der Waals surface area contributed by atoms with E-state index in [9.17, 15) is 4.79 Å². The summed E-state index contributed by atoms with van der Waals surface area (Å²) in [5.74, 6) is -0.160. The van der Waals surface area contributed by atoms with E-state index in [1.807, 2.05) is 0 Å². The normalized spacial score (nSPS) is 10.4. The van der Waals surface area contributed by atoms with E-state index in [4.69, 9.17) is 15.9 Å². The lowest BCUT2D eigenvalue weighted by atomic mass is 10.0. The van der Waals surface area contributed by atoms with Gasteiger partial charge in [0.2, 0.25) is 5.91 Å². The Labute approximate surface area is 162 Å². The van der Waals surface area contributed by atoms with Crippen molar-refractivity contribution in [1.29, 1.82) is 0 Å². The summed E-state index contributed by atoms with van der Waals surface area (Å²) in [7, 11) is 0. The number of hydrogen-bond acceptors (Lipinski definition) is 3. The van der Waals surface area contributed by atoms with Gasteiger partial charge < -0.3 is 15.9 Å². The number of hydrogen-bond donors (Lipinski definition) is 3. The van der Waals surface area contributed by atoms with Crippen molar-refractivity contribution in [2.75, 3.05) is 13.2 Å². The molecule has 0 aliphatic heterocycles. The molecule has 26 heavy (non-hydrogen) atoms. The van der Waals surface area contributed by atoms with Crippen LogP contribution in [0.25, 0.3) is 0 Å². The smallest absolute Gasteiger partial charge is 0.217 e. The fraction of sp³-hybridized carbons (Fsp3) is 0.955. The van der Waals surface area contributed by atoms with Gasteiger partial charge in [0.25, 0.3) is 0 Å². The molecule has 0 aromatic rings. The quantitative estimate of drug-likeness (QED) is 0.262.